The molecule has 0 saturated heterocycles. The van der Waals surface area contributed by atoms with Crippen molar-refractivity contribution in [3.8, 4) is 11.5 Å². The Kier molecular flexibility index (Phi) is 6.62. The van der Waals surface area contributed by atoms with E-state index in [2.05, 4.69) is 15.9 Å². The van der Waals surface area contributed by atoms with Gasteiger partial charge in [0.2, 0.25) is 0 Å². The Morgan fingerprint density at radius 1 is 1.18 bits per heavy atom. The molecule has 2 aromatic carbocycles. The zero-order valence-corrected chi connectivity index (χ0v) is 17.7. The van der Waals surface area contributed by atoms with Crippen LogP contribution >= 0.6 is 15.9 Å². The van der Waals surface area contributed by atoms with Crippen LogP contribution in [0, 0.1) is 0 Å². The third kappa shape index (κ3) is 4.68. The highest BCUT2D eigenvalue weighted by Gasteiger charge is 2.17. The van der Waals surface area contributed by atoms with Gasteiger partial charge in [0.1, 0.15) is 18.1 Å². The summed E-state index contributed by atoms with van der Waals surface area (Å²) in [5.74, 6) is 1.12. The van der Waals surface area contributed by atoms with E-state index in [1.807, 2.05) is 50.2 Å². The van der Waals surface area contributed by atoms with Crippen LogP contribution in [0.15, 0.2) is 51.6 Å². The zero-order valence-electron chi connectivity index (χ0n) is 16.2. The third-order valence-corrected chi connectivity index (χ3v) is 4.66. The predicted octanol–water partition coefficient (Wildman–Crippen LogP) is 5.67. The van der Waals surface area contributed by atoms with Gasteiger partial charge in [-0.05, 0) is 54.9 Å². The van der Waals surface area contributed by atoms with Crippen LogP contribution in [0.2, 0.25) is 0 Å². The SMILES string of the molecule is CCOC(=O)Cc1ccccc1OCc1cc(Br)c2occc2c1OC(C)C. The number of fused-ring (bicyclic) bond motifs is 1. The Morgan fingerprint density at radius 2 is 1.96 bits per heavy atom. The van der Waals surface area contributed by atoms with Gasteiger partial charge in [-0.15, -0.1) is 0 Å². The molecular formula is C22H23BrO5. The van der Waals surface area contributed by atoms with Crippen LogP contribution in [0.25, 0.3) is 11.0 Å². The molecule has 6 heteroatoms. The number of carbonyl (C=O) groups excluding carboxylic acids is 1. The number of rotatable bonds is 8. The summed E-state index contributed by atoms with van der Waals surface area (Å²) in [4.78, 5) is 11.9. The summed E-state index contributed by atoms with van der Waals surface area (Å²) >= 11 is 3.55. The smallest absolute Gasteiger partial charge is 0.310 e. The molecule has 0 radical (unpaired) electrons. The lowest BCUT2D eigenvalue weighted by molar-refractivity contribution is -0.142. The number of esters is 1. The fraction of sp³-hybridized carbons (Fsp3) is 0.318. The quantitative estimate of drug-likeness (QED) is 0.417. The molecule has 0 atom stereocenters. The number of ether oxygens (including phenoxy) is 3. The maximum absolute atomic E-state index is 11.9. The number of hydrogen-bond acceptors (Lipinski definition) is 5. The lowest BCUT2D eigenvalue weighted by atomic mass is 10.1. The molecule has 5 nitrogen and oxygen atoms in total. The highest BCUT2D eigenvalue weighted by molar-refractivity contribution is 9.10. The number of carbonyl (C=O) groups is 1. The van der Waals surface area contributed by atoms with E-state index in [4.69, 9.17) is 18.6 Å². The van der Waals surface area contributed by atoms with Gasteiger partial charge in [-0.2, -0.15) is 0 Å². The molecule has 0 aliphatic rings. The lowest BCUT2D eigenvalue weighted by Gasteiger charge is -2.17. The van der Waals surface area contributed by atoms with E-state index in [9.17, 15) is 4.79 Å². The van der Waals surface area contributed by atoms with Gasteiger partial charge < -0.3 is 18.6 Å². The minimum absolute atomic E-state index is 0.00845. The number of furan rings is 1. The molecule has 0 unspecified atom stereocenters. The molecule has 28 heavy (non-hydrogen) atoms. The van der Waals surface area contributed by atoms with Crippen molar-refractivity contribution in [1.82, 2.24) is 0 Å². The first-order valence-electron chi connectivity index (χ1n) is 9.21. The van der Waals surface area contributed by atoms with Crippen LogP contribution < -0.4 is 9.47 Å². The monoisotopic (exact) mass is 446 g/mol. The van der Waals surface area contributed by atoms with Crippen molar-refractivity contribution in [1.29, 1.82) is 0 Å². The summed E-state index contributed by atoms with van der Waals surface area (Å²) in [6, 6.07) is 11.3. The van der Waals surface area contributed by atoms with Crippen LogP contribution in [0.5, 0.6) is 11.5 Å². The van der Waals surface area contributed by atoms with Gasteiger partial charge in [0.05, 0.1) is 35.3 Å². The molecule has 0 fully saturated rings. The lowest BCUT2D eigenvalue weighted by Crippen LogP contribution is -2.11. The minimum Gasteiger partial charge on any atom is -0.490 e. The molecule has 0 bridgehead atoms. The normalized spacial score (nSPS) is 11.0. The first-order valence-corrected chi connectivity index (χ1v) is 10.0. The molecule has 1 aromatic heterocycles. The maximum Gasteiger partial charge on any atom is 0.310 e. The van der Waals surface area contributed by atoms with E-state index in [-0.39, 0.29) is 18.5 Å². The van der Waals surface area contributed by atoms with E-state index < -0.39 is 0 Å². The third-order valence-electron chi connectivity index (χ3n) is 4.07. The second kappa shape index (κ2) is 9.15. The summed E-state index contributed by atoms with van der Waals surface area (Å²) in [6.45, 7) is 6.40. The Balaban J connectivity index is 1.87. The van der Waals surface area contributed by atoms with Gasteiger partial charge in [-0.25, -0.2) is 0 Å². The van der Waals surface area contributed by atoms with Crippen LogP contribution in [0.3, 0.4) is 0 Å². The second-order valence-corrected chi connectivity index (χ2v) is 7.41. The van der Waals surface area contributed by atoms with Crippen LogP contribution in [-0.4, -0.2) is 18.7 Å². The minimum atomic E-state index is -0.273. The van der Waals surface area contributed by atoms with E-state index in [1.54, 1.807) is 13.2 Å². The van der Waals surface area contributed by atoms with Crippen molar-refractivity contribution in [2.75, 3.05) is 6.61 Å². The number of benzene rings is 2. The molecule has 0 aliphatic carbocycles. The summed E-state index contributed by atoms with van der Waals surface area (Å²) in [7, 11) is 0. The van der Waals surface area contributed by atoms with Crippen molar-refractivity contribution >= 4 is 32.9 Å². The van der Waals surface area contributed by atoms with Gasteiger partial charge >= 0.3 is 5.97 Å². The summed E-state index contributed by atoms with van der Waals surface area (Å²) in [5.41, 5.74) is 2.42. The van der Waals surface area contributed by atoms with Crippen molar-refractivity contribution in [2.24, 2.45) is 0 Å². The summed E-state index contributed by atoms with van der Waals surface area (Å²) in [5, 5.41) is 0.890. The van der Waals surface area contributed by atoms with Gasteiger partial charge in [0.15, 0.2) is 5.58 Å². The molecule has 0 saturated carbocycles. The molecule has 0 amide bonds. The maximum atomic E-state index is 11.9. The van der Waals surface area contributed by atoms with Gasteiger partial charge in [-0.1, -0.05) is 18.2 Å². The largest absolute Gasteiger partial charge is 0.490 e. The fourth-order valence-electron chi connectivity index (χ4n) is 2.93. The van der Waals surface area contributed by atoms with Crippen molar-refractivity contribution in [2.45, 2.75) is 39.9 Å². The van der Waals surface area contributed by atoms with E-state index in [0.717, 1.165) is 32.3 Å². The van der Waals surface area contributed by atoms with E-state index in [0.29, 0.717) is 19.0 Å². The molecule has 3 rings (SSSR count). The molecule has 3 aromatic rings. The van der Waals surface area contributed by atoms with Crippen LogP contribution in [-0.2, 0) is 22.6 Å². The standard InChI is InChI=1S/C22H23BrO5/c1-4-25-20(24)12-15-7-5-6-8-19(15)27-13-16-11-18(23)22-17(9-10-26-22)21(16)28-14(2)3/h5-11,14H,4,12-13H2,1-3H3. The highest BCUT2D eigenvalue weighted by atomic mass is 79.9. The first-order chi connectivity index (χ1) is 13.5. The zero-order chi connectivity index (χ0) is 20.1. The molecule has 0 aliphatic heterocycles. The fourth-order valence-corrected chi connectivity index (χ4v) is 3.51. The summed E-state index contributed by atoms with van der Waals surface area (Å²) in [6.07, 6.45) is 1.82. The topological polar surface area (TPSA) is 57.9 Å². The molecule has 0 N–H and O–H groups in total. The van der Waals surface area contributed by atoms with Crippen LogP contribution in [0.4, 0.5) is 0 Å². The van der Waals surface area contributed by atoms with E-state index >= 15 is 0 Å². The van der Waals surface area contributed by atoms with Gasteiger partial charge in [0.25, 0.3) is 0 Å². The second-order valence-electron chi connectivity index (χ2n) is 6.55. The van der Waals surface area contributed by atoms with Crippen molar-refractivity contribution in [3.63, 3.8) is 0 Å². The number of halogens is 1. The molecular weight excluding hydrogens is 424 g/mol. The highest BCUT2D eigenvalue weighted by Crippen LogP contribution is 2.37. The Labute approximate surface area is 172 Å². The van der Waals surface area contributed by atoms with Crippen LogP contribution in [0.1, 0.15) is 31.9 Å². The van der Waals surface area contributed by atoms with E-state index in [1.165, 1.54) is 0 Å². The first kappa shape index (κ1) is 20.3. The van der Waals surface area contributed by atoms with Crippen molar-refractivity contribution in [3.05, 3.63) is 58.3 Å². The predicted molar refractivity (Wildman–Crippen MR) is 111 cm³/mol. The number of hydrogen-bond donors (Lipinski definition) is 0. The Hall–Kier alpha value is -2.47. The average molecular weight is 447 g/mol. The van der Waals surface area contributed by atoms with Crippen molar-refractivity contribution < 1.29 is 23.4 Å². The van der Waals surface area contributed by atoms with Gasteiger partial charge in [-0.3, -0.25) is 4.79 Å². The molecule has 1 heterocycles. The molecule has 148 valence electrons. The average Bonchev–Trinajstić information content (AvgIpc) is 3.14. The summed E-state index contributed by atoms with van der Waals surface area (Å²) < 4.78 is 23.6. The Bertz CT molecular complexity index is 961. The Morgan fingerprint density at radius 3 is 2.71 bits per heavy atom. The number of para-hydroxylation sites is 1. The molecule has 0 spiro atoms. The van der Waals surface area contributed by atoms with Gasteiger partial charge in [0, 0.05) is 11.1 Å².